The molecular weight excluding hydrogens is 361 g/mol. The SMILES string of the molecule is C=C[C](=O)[Ti+3].[O-2].[O-2].[Ta+5].[Ti+4]. The van der Waals surface area contributed by atoms with Crippen LogP contribution in [0, 0.1) is 0 Å². The standard InChI is InChI=1S/C3H3O.2O.Ta.2Ti/c1-2-3-4;;;;;/h2H,1H2;;;;;/q;2*-2;+5;+3;+4. The van der Waals surface area contributed by atoms with Crippen molar-refractivity contribution in [3.63, 3.8) is 0 Å². The van der Waals surface area contributed by atoms with Crippen LogP contribution in [0.25, 0.3) is 0 Å². The zero-order chi connectivity index (χ0) is 4.28. The average Bonchev–Trinajstić information content (AvgIpc) is 1.38. The van der Waals surface area contributed by atoms with Crippen molar-refractivity contribution >= 4 is 4.09 Å². The Balaban J connectivity index is -0.0000000133. The van der Waals surface area contributed by atoms with Crippen LogP contribution in [-0.2, 0) is 80.3 Å². The molecule has 0 saturated carbocycles. The molecule has 6 heteroatoms. The van der Waals surface area contributed by atoms with Gasteiger partial charge in [0.1, 0.15) is 0 Å². The monoisotopic (exact) mass is 364 g/mol. The minimum Gasteiger partial charge on any atom is -2.00 e. The summed E-state index contributed by atoms with van der Waals surface area (Å²) in [6.07, 6.45) is 1.28. The number of rotatable bonds is 1. The molecule has 3 nitrogen and oxygen atoms in total. The van der Waals surface area contributed by atoms with Crippen molar-refractivity contribution in [3.05, 3.63) is 12.7 Å². The Morgan fingerprint density at radius 2 is 1.56 bits per heavy atom. The van der Waals surface area contributed by atoms with Gasteiger partial charge >= 0.3 is 86.1 Å². The van der Waals surface area contributed by atoms with E-state index < -0.39 is 0 Å². The molecule has 0 fully saturated rings. The Bertz CT molecular complexity index is 68.1. The molecule has 0 aliphatic rings. The van der Waals surface area contributed by atoms with Crippen molar-refractivity contribution < 1.29 is 80.3 Å². The Hall–Kier alpha value is 1.50. The van der Waals surface area contributed by atoms with Crippen LogP contribution in [-0.4, -0.2) is 4.09 Å². The summed E-state index contributed by atoms with van der Waals surface area (Å²) >= 11 is 1.47. The molecule has 0 rings (SSSR count). The summed E-state index contributed by atoms with van der Waals surface area (Å²) < 4.78 is 0.0185. The molecule has 0 atom stereocenters. The number of hydrogen-bond acceptors (Lipinski definition) is 1. The smallest absolute Gasteiger partial charge is 2.00 e. The predicted molar refractivity (Wildman–Crippen MR) is 16.6 cm³/mol. The van der Waals surface area contributed by atoms with E-state index in [9.17, 15) is 4.79 Å². The fraction of sp³-hybridized carbons (Fsp3) is 0. The van der Waals surface area contributed by atoms with E-state index in [0.717, 1.165) is 0 Å². The second-order valence-corrected chi connectivity index (χ2v) is 1.34. The summed E-state index contributed by atoms with van der Waals surface area (Å²) in [5.41, 5.74) is 0. The third kappa shape index (κ3) is 43.6. The van der Waals surface area contributed by atoms with Gasteiger partial charge in [0.15, 0.2) is 0 Å². The number of allylic oxidation sites excluding steroid dienone is 1. The maximum absolute atomic E-state index is 9.69. The van der Waals surface area contributed by atoms with E-state index in [0.29, 0.717) is 0 Å². The first kappa shape index (κ1) is 31.3. The molecule has 0 bridgehead atoms. The van der Waals surface area contributed by atoms with Crippen LogP contribution in [0.3, 0.4) is 0 Å². The van der Waals surface area contributed by atoms with Crippen molar-refractivity contribution in [2.75, 3.05) is 0 Å². The van der Waals surface area contributed by atoms with E-state index in [-0.39, 0.29) is 59.1 Å². The van der Waals surface area contributed by atoms with E-state index in [1.807, 2.05) is 0 Å². The van der Waals surface area contributed by atoms with Gasteiger partial charge in [0.25, 0.3) is 0 Å². The Kier molecular flexibility index (Phi) is 79.0. The number of carbonyl (C=O) groups excluding carboxylic acids is 1. The molecule has 0 aliphatic carbocycles. The fourth-order valence-corrected chi connectivity index (χ4v) is 0. The van der Waals surface area contributed by atoms with Crippen LogP contribution in [0.2, 0.25) is 0 Å². The summed E-state index contributed by atoms with van der Waals surface area (Å²) in [7, 11) is 0. The van der Waals surface area contributed by atoms with Crippen LogP contribution in [0.5, 0.6) is 0 Å². The largest absolute Gasteiger partial charge is 5.00 e. The van der Waals surface area contributed by atoms with Gasteiger partial charge in [-0.25, -0.2) is 0 Å². The molecular formula is C3H3O3TaTi2+8. The van der Waals surface area contributed by atoms with Gasteiger partial charge < -0.3 is 11.0 Å². The molecule has 9 heavy (non-hydrogen) atoms. The van der Waals surface area contributed by atoms with Gasteiger partial charge in [-0.2, -0.15) is 0 Å². The molecule has 0 spiro atoms. The first-order valence-corrected chi connectivity index (χ1v) is 1.93. The van der Waals surface area contributed by atoms with E-state index in [4.69, 9.17) is 0 Å². The van der Waals surface area contributed by atoms with Gasteiger partial charge in [-0.15, -0.1) is 0 Å². The first-order valence-electron chi connectivity index (χ1n) is 1.15. The Labute approximate surface area is 96.1 Å². The minimum atomic E-state index is 0. The summed E-state index contributed by atoms with van der Waals surface area (Å²) in [5, 5.41) is 0. The van der Waals surface area contributed by atoms with Crippen molar-refractivity contribution in [1.82, 2.24) is 0 Å². The third-order valence-corrected chi connectivity index (χ3v) is 0.504. The summed E-state index contributed by atoms with van der Waals surface area (Å²) in [4.78, 5) is 9.69. The van der Waals surface area contributed by atoms with Crippen molar-refractivity contribution in [2.24, 2.45) is 0 Å². The maximum atomic E-state index is 9.69. The van der Waals surface area contributed by atoms with E-state index in [1.165, 1.54) is 26.5 Å². The number of hydrogen-bond donors (Lipinski definition) is 0. The quantitative estimate of drug-likeness (QED) is 0.477. The van der Waals surface area contributed by atoms with Crippen LogP contribution in [0.4, 0.5) is 0 Å². The van der Waals surface area contributed by atoms with E-state index >= 15 is 0 Å². The fourth-order valence-electron chi connectivity index (χ4n) is 0. The van der Waals surface area contributed by atoms with Crippen LogP contribution < -0.4 is 0 Å². The van der Waals surface area contributed by atoms with Gasteiger partial charge in [0.2, 0.25) is 0 Å². The minimum absolute atomic E-state index is 0. The Morgan fingerprint density at radius 1 is 1.44 bits per heavy atom. The molecule has 0 N–H and O–H groups in total. The first-order chi connectivity index (χ1) is 2.27. The van der Waals surface area contributed by atoms with Gasteiger partial charge in [-0.1, -0.05) is 0 Å². The topological polar surface area (TPSA) is 74.1 Å². The molecule has 0 radical (unpaired) electrons. The molecule has 0 aromatic carbocycles. The molecule has 0 amide bonds. The van der Waals surface area contributed by atoms with E-state index in [1.54, 1.807) is 0 Å². The van der Waals surface area contributed by atoms with E-state index in [2.05, 4.69) is 6.58 Å². The Morgan fingerprint density at radius 3 is 1.56 bits per heavy atom. The molecule has 0 aliphatic heterocycles. The van der Waals surface area contributed by atoms with Crippen LogP contribution in [0.15, 0.2) is 12.7 Å². The average molecular weight is 364 g/mol. The zero-order valence-corrected chi connectivity index (χ0v) is 10.8. The van der Waals surface area contributed by atoms with Crippen LogP contribution in [0.1, 0.15) is 0 Å². The molecule has 0 saturated heterocycles. The van der Waals surface area contributed by atoms with Crippen LogP contribution >= 0.6 is 0 Å². The van der Waals surface area contributed by atoms with Gasteiger partial charge in [0, 0.05) is 0 Å². The van der Waals surface area contributed by atoms with Gasteiger partial charge in [0.05, 0.1) is 0 Å². The molecule has 0 heterocycles. The summed E-state index contributed by atoms with van der Waals surface area (Å²) in [5.74, 6) is 0. The zero-order valence-electron chi connectivity index (χ0n) is 4.46. The molecule has 0 aromatic heterocycles. The van der Waals surface area contributed by atoms with Gasteiger partial charge in [-0.3, -0.25) is 0 Å². The molecule has 38 valence electrons. The summed E-state index contributed by atoms with van der Waals surface area (Å²) in [6, 6.07) is 0. The second kappa shape index (κ2) is 22.7. The third-order valence-electron chi connectivity index (χ3n) is 0.185. The van der Waals surface area contributed by atoms with Crippen molar-refractivity contribution in [3.8, 4) is 0 Å². The normalized spacial score (nSPS) is 3.78. The second-order valence-electron chi connectivity index (χ2n) is 0.568. The molecule has 0 aromatic rings. The van der Waals surface area contributed by atoms with Crippen molar-refractivity contribution in [1.29, 1.82) is 0 Å². The maximum Gasteiger partial charge on any atom is 5.00 e. The van der Waals surface area contributed by atoms with Gasteiger partial charge in [-0.05, 0) is 0 Å². The predicted octanol–water partition coefficient (Wildman–Crippen LogP) is 0.00320. The summed E-state index contributed by atoms with van der Waals surface area (Å²) in [6.45, 7) is 3.21. The number of carbonyl (C=O) groups is 1. The van der Waals surface area contributed by atoms with Crippen molar-refractivity contribution in [2.45, 2.75) is 0 Å². The molecule has 0 unspecified atom stereocenters.